The quantitative estimate of drug-likeness (QED) is 0.432. The highest BCUT2D eigenvalue weighted by Gasteiger charge is 2.52. The van der Waals surface area contributed by atoms with Gasteiger partial charge in [0.25, 0.3) is 5.91 Å². The fourth-order valence-electron chi connectivity index (χ4n) is 3.86. The zero-order valence-corrected chi connectivity index (χ0v) is 18.5. The van der Waals surface area contributed by atoms with E-state index in [0.29, 0.717) is 10.6 Å². The topological polar surface area (TPSA) is 113 Å². The van der Waals surface area contributed by atoms with Gasteiger partial charge in [-0.3, -0.25) is 9.59 Å². The lowest BCUT2D eigenvalue weighted by molar-refractivity contribution is -0.147. The third-order valence-corrected chi connectivity index (χ3v) is 5.64. The van der Waals surface area contributed by atoms with Gasteiger partial charge < -0.3 is 20.3 Å². The molecule has 0 aromatic heterocycles. The van der Waals surface area contributed by atoms with E-state index in [1.165, 1.54) is 13.2 Å². The van der Waals surface area contributed by atoms with Crippen LogP contribution in [0, 0.1) is 0 Å². The maximum Gasteiger partial charge on any atom is 0.334 e. The summed E-state index contributed by atoms with van der Waals surface area (Å²) in [5.41, 5.74) is -1.46. The van der Waals surface area contributed by atoms with Crippen LogP contribution in [0.3, 0.4) is 0 Å². The first-order chi connectivity index (χ1) is 15.8. The maximum absolute atomic E-state index is 13.2. The van der Waals surface area contributed by atoms with E-state index in [1.54, 1.807) is 72.8 Å². The molecule has 0 aliphatic rings. The van der Waals surface area contributed by atoms with Crippen molar-refractivity contribution in [2.75, 3.05) is 7.11 Å². The highest BCUT2D eigenvalue weighted by atomic mass is 35.5. The summed E-state index contributed by atoms with van der Waals surface area (Å²) in [5.74, 6) is -4.35. The predicted molar refractivity (Wildman–Crippen MR) is 123 cm³/mol. The van der Waals surface area contributed by atoms with Gasteiger partial charge >= 0.3 is 11.9 Å². The van der Waals surface area contributed by atoms with Gasteiger partial charge in [-0.1, -0.05) is 60.1 Å². The first-order valence-corrected chi connectivity index (χ1v) is 10.4. The number of hydrogen-bond donors (Lipinski definition) is 3. The van der Waals surface area contributed by atoms with Gasteiger partial charge in [-0.2, -0.15) is 0 Å². The Morgan fingerprint density at radius 1 is 0.939 bits per heavy atom. The van der Waals surface area contributed by atoms with Crippen molar-refractivity contribution in [3.05, 3.63) is 101 Å². The molecule has 0 aliphatic carbocycles. The monoisotopic (exact) mass is 467 g/mol. The SMILES string of the molecule is COc1ccccc1C(NC(=O)c1ccccc1)(C(=O)O)C(CC(=O)O)c1ccc(Cl)cc1. The Balaban J connectivity index is 2.31. The average Bonchev–Trinajstić information content (AvgIpc) is 2.82. The summed E-state index contributed by atoms with van der Waals surface area (Å²) >= 11 is 6.01. The summed E-state index contributed by atoms with van der Waals surface area (Å²) in [6.45, 7) is 0. The molecule has 0 spiro atoms. The van der Waals surface area contributed by atoms with Crippen LogP contribution in [0.1, 0.15) is 33.8 Å². The third kappa shape index (κ3) is 4.99. The van der Waals surface area contributed by atoms with Gasteiger partial charge in [0.2, 0.25) is 0 Å². The lowest BCUT2D eigenvalue weighted by atomic mass is 9.72. The van der Waals surface area contributed by atoms with E-state index in [-0.39, 0.29) is 16.9 Å². The fraction of sp³-hybridized carbons (Fsp3) is 0.160. The molecule has 33 heavy (non-hydrogen) atoms. The average molecular weight is 468 g/mol. The summed E-state index contributed by atoms with van der Waals surface area (Å²) in [6, 6.07) is 20.6. The lowest BCUT2D eigenvalue weighted by Gasteiger charge is -2.38. The smallest absolute Gasteiger partial charge is 0.334 e. The molecule has 7 nitrogen and oxygen atoms in total. The molecule has 1 amide bonds. The van der Waals surface area contributed by atoms with Crippen molar-refractivity contribution in [3.8, 4) is 5.75 Å². The Morgan fingerprint density at radius 3 is 2.12 bits per heavy atom. The Labute approximate surface area is 195 Å². The molecule has 0 bridgehead atoms. The molecule has 2 atom stereocenters. The summed E-state index contributed by atoms with van der Waals surface area (Å²) in [6.07, 6.45) is -0.582. The van der Waals surface area contributed by atoms with Crippen molar-refractivity contribution < 1.29 is 29.3 Å². The largest absolute Gasteiger partial charge is 0.496 e. The number of benzene rings is 3. The fourth-order valence-corrected chi connectivity index (χ4v) is 3.99. The van der Waals surface area contributed by atoms with E-state index in [1.807, 2.05) is 0 Å². The summed E-state index contributed by atoms with van der Waals surface area (Å²) in [7, 11) is 1.37. The van der Waals surface area contributed by atoms with Crippen LogP contribution in [-0.4, -0.2) is 35.2 Å². The van der Waals surface area contributed by atoms with Crippen LogP contribution >= 0.6 is 11.6 Å². The zero-order valence-electron chi connectivity index (χ0n) is 17.7. The van der Waals surface area contributed by atoms with E-state index in [9.17, 15) is 24.6 Å². The Kier molecular flexibility index (Phi) is 7.35. The predicted octanol–water partition coefficient (Wildman–Crippen LogP) is 4.32. The third-order valence-electron chi connectivity index (χ3n) is 5.39. The summed E-state index contributed by atoms with van der Waals surface area (Å²) < 4.78 is 5.42. The number of nitrogens with one attached hydrogen (secondary N) is 1. The van der Waals surface area contributed by atoms with Crippen molar-refractivity contribution in [2.45, 2.75) is 17.9 Å². The number of hydrogen-bond acceptors (Lipinski definition) is 4. The first kappa shape index (κ1) is 23.8. The van der Waals surface area contributed by atoms with Crippen LogP contribution < -0.4 is 10.1 Å². The van der Waals surface area contributed by atoms with E-state index < -0.39 is 35.7 Å². The molecule has 8 heteroatoms. The Morgan fingerprint density at radius 2 is 1.55 bits per heavy atom. The van der Waals surface area contributed by atoms with Crippen molar-refractivity contribution in [1.29, 1.82) is 0 Å². The van der Waals surface area contributed by atoms with Crippen molar-refractivity contribution in [2.24, 2.45) is 0 Å². The number of para-hydroxylation sites is 1. The number of aliphatic carboxylic acids is 2. The van der Waals surface area contributed by atoms with Gasteiger partial charge in [-0.15, -0.1) is 0 Å². The highest BCUT2D eigenvalue weighted by Crippen LogP contribution is 2.44. The van der Waals surface area contributed by atoms with Gasteiger partial charge in [0, 0.05) is 22.1 Å². The molecule has 170 valence electrons. The molecule has 3 aromatic carbocycles. The van der Waals surface area contributed by atoms with Crippen molar-refractivity contribution in [3.63, 3.8) is 0 Å². The molecule has 0 saturated heterocycles. The second-order valence-corrected chi connectivity index (χ2v) is 7.77. The maximum atomic E-state index is 13.2. The zero-order chi connectivity index (χ0) is 24.0. The summed E-state index contributed by atoms with van der Waals surface area (Å²) in [4.78, 5) is 38.2. The van der Waals surface area contributed by atoms with Crippen LogP contribution in [-0.2, 0) is 15.1 Å². The Bertz CT molecular complexity index is 1150. The van der Waals surface area contributed by atoms with Crippen LogP contribution in [0.2, 0.25) is 5.02 Å². The second kappa shape index (κ2) is 10.2. The molecule has 0 radical (unpaired) electrons. The highest BCUT2D eigenvalue weighted by molar-refractivity contribution is 6.30. The van der Waals surface area contributed by atoms with Gasteiger partial charge in [0.15, 0.2) is 5.54 Å². The number of ether oxygens (including phenoxy) is 1. The minimum atomic E-state index is -2.17. The number of carboxylic acids is 2. The number of rotatable bonds is 9. The van der Waals surface area contributed by atoms with Crippen LogP contribution in [0.4, 0.5) is 0 Å². The van der Waals surface area contributed by atoms with E-state index in [0.717, 1.165) is 0 Å². The summed E-state index contributed by atoms with van der Waals surface area (Å²) in [5, 5.41) is 23.4. The molecule has 3 rings (SSSR count). The van der Waals surface area contributed by atoms with E-state index in [2.05, 4.69) is 5.32 Å². The van der Waals surface area contributed by atoms with Gasteiger partial charge in [0.05, 0.1) is 13.5 Å². The number of carboxylic acid groups (broad SMARTS) is 2. The molecule has 0 aliphatic heterocycles. The van der Waals surface area contributed by atoms with Gasteiger partial charge in [-0.25, -0.2) is 4.79 Å². The van der Waals surface area contributed by atoms with Gasteiger partial charge in [0.1, 0.15) is 5.75 Å². The molecule has 0 heterocycles. The molecule has 0 saturated carbocycles. The number of carbonyl (C=O) groups excluding carboxylic acids is 1. The molecular weight excluding hydrogens is 446 g/mol. The minimum Gasteiger partial charge on any atom is -0.496 e. The number of halogens is 1. The lowest BCUT2D eigenvalue weighted by Crippen LogP contribution is -2.56. The number of methoxy groups -OCH3 is 1. The Hall–Kier alpha value is -3.84. The molecule has 2 unspecified atom stereocenters. The molecule has 0 fully saturated rings. The van der Waals surface area contributed by atoms with Gasteiger partial charge in [-0.05, 0) is 35.9 Å². The first-order valence-electron chi connectivity index (χ1n) is 10.0. The molecule has 3 N–H and O–H groups in total. The standard InChI is InChI=1S/C25H22ClNO6/c1-33-21-10-6-5-9-19(21)25(24(31)32,27-23(30)17-7-3-2-4-8-17)20(15-22(28)29)16-11-13-18(26)14-12-16/h2-14,20H,15H2,1H3,(H,27,30)(H,28,29)(H,31,32). The number of carbonyl (C=O) groups is 3. The van der Waals surface area contributed by atoms with Crippen LogP contribution in [0.15, 0.2) is 78.9 Å². The normalized spacial score (nSPS) is 13.4. The molecular formula is C25H22ClNO6. The van der Waals surface area contributed by atoms with Crippen LogP contribution in [0.25, 0.3) is 0 Å². The number of amides is 1. The van der Waals surface area contributed by atoms with Crippen molar-refractivity contribution in [1.82, 2.24) is 5.32 Å². The van der Waals surface area contributed by atoms with E-state index in [4.69, 9.17) is 16.3 Å². The van der Waals surface area contributed by atoms with E-state index >= 15 is 0 Å². The minimum absolute atomic E-state index is 0.116. The van der Waals surface area contributed by atoms with Crippen LogP contribution in [0.5, 0.6) is 5.75 Å². The molecule has 3 aromatic rings. The second-order valence-electron chi connectivity index (χ2n) is 7.34. The van der Waals surface area contributed by atoms with Crippen molar-refractivity contribution >= 4 is 29.4 Å².